The number of rotatable bonds is 4. The molecule has 4 heteroatoms. The number of carbonyl (C=O) groups is 1. The maximum absolute atomic E-state index is 11.5. The van der Waals surface area contributed by atoms with Gasteiger partial charge in [-0.3, -0.25) is 5.32 Å². The van der Waals surface area contributed by atoms with Crippen LogP contribution in [0.1, 0.15) is 43.7 Å². The van der Waals surface area contributed by atoms with Crippen LogP contribution < -0.4 is 5.32 Å². The summed E-state index contributed by atoms with van der Waals surface area (Å²) in [6, 6.07) is 7.35. The molecule has 0 bridgehead atoms. The molecule has 1 aromatic carbocycles. The van der Waals surface area contributed by atoms with Crippen LogP contribution in [0.4, 0.5) is 0 Å². The van der Waals surface area contributed by atoms with Gasteiger partial charge in [0.1, 0.15) is 0 Å². The molecule has 1 saturated carbocycles. The summed E-state index contributed by atoms with van der Waals surface area (Å²) in [5.74, 6) is -0.103. The first kappa shape index (κ1) is 14.6. The summed E-state index contributed by atoms with van der Waals surface area (Å²) < 4.78 is 0. The highest BCUT2D eigenvalue weighted by molar-refractivity contribution is 6.30. The Morgan fingerprint density at radius 3 is 2.52 bits per heavy atom. The Morgan fingerprint density at radius 1 is 1.24 bits per heavy atom. The van der Waals surface area contributed by atoms with Gasteiger partial charge in [0.15, 0.2) is 0 Å². The summed E-state index contributed by atoms with van der Waals surface area (Å²) >= 11 is 5.91. The van der Waals surface area contributed by atoms with Gasteiger partial charge in [0, 0.05) is 11.1 Å². The van der Waals surface area contributed by atoms with Crippen LogP contribution in [0.3, 0.4) is 0 Å². The molecule has 1 heterocycles. The molecule has 2 atom stereocenters. The van der Waals surface area contributed by atoms with Crippen LogP contribution in [0.25, 0.3) is 0 Å². The predicted molar refractivity (Wildman–Crippen MR) is 83.4 cm³/mol. The monoisotopic (exact) mass is 305 g/mol. The first-order chi connectivity index (χ1) is 10.1. The number of carboxylic acid groups (broad SMARTS) is 1. The fourth-order valence-corrected chi connectivity index (χ4v) is 3.66. The molecular formula is C17H20ClNO2. The lowest BCUT2D eigenvalue weighted by Gasteiger charge is -2.19. The van der Waals surface area contributed by atoms with Crippen molar-refractivity contribution in [2.45, 2.75) is 44.2 Å². The van der Waals surface area contributed by atoms with Crippen molar-refractivity contribution in [2.24, 2.45) is 5.92 Å². The minimum absolute atomic E-state index is 0.167. The topological polar surface area (TPSA) is 49.3 Å². The van der Waals surface area contributed by atoms with E-state index in [1.807, 2.05) is 30.3 Å². The summed E-state index contributed by atoms with van der Waals surface area (Å²) in [4.78, 5) is 11.5. The Labute approximate surface area is 130 Å². The van der Waals surface area contributed by atoms with Crippen molar-refractivity contribution >= 4 is 17.6 Å². The zero-order valence-electron chi connectivity index (χ0n) is 11.9. The van der Waals surface area contributed by atoms with Gasteiger partial charge in [-0.1, -0.05) is 55.5 Å². The third kappa shape index (κ3) is 3.30. The van der Waals surface area contributed by atoms with Crippen molar-refractivity contribution in [3.05, 3.63) is 46.5 Å². The standard InChI is InChI=1S/C17H20ClNO2/c18-13-7-5-12(6-8-13)16-15(17(20)21)10-14(19-16)9-11-3-1-2-4-11/h5-8,10-11,14,16,19H,1-4,9H2,(H,20,21). The Bertz CT molecular complexity index is 546. The molecule has 1 fully saturated rings. The average molecular weight is 306 g/mol. The molecule has 3 nitrogen and oxygen atoms in total. The van der Waals surface area contributed by atoms with Gasteiger partial charge in [-0.15, -0.1) is 0 Å². The quantitative estimate of drug-likeness (QED) is 0.885. The van der Waals surface area contributed by atoms with Crippen LogP contribution in [0.2, 0.25) is 5.02 Å². The molecule has 0 radical (unpaired) electrons. The molecule has 21 heavy (non-hydrogen) atoms. The third-order valence-electron chi connectivity index (χ3n) is 4.58. The summed E-state index contributed by atoms with van der Waals surface area (Å²) in [5.41, 5.74) is 1.42. The predicted octanol–water partition coefficient (Wildman–Crippen LogP) is 3.94. The second-order valence-corrected chi connectivity index (χ2v) is 6.51. The van der Waals surface area contributed by atoms with Gasteiger partial charge in [-0.05, 0) is 30.0 Å². The Balaban J connectivity index is 1.76. The number of aliphatic carboxylic acids is 1. The van der Waals surface area contributed by atoms with Gasteiger partial charge >= 0.3 is 5.97 Å². The lowest BCUT2D eigenvalue weighted by Crippen LogP contribution is -2.28. The zero-order valence-corrected chi connectivity index (χ0v) is 12.6. The third-order valence-corrected chi connectivity index (χ3v) is 4.84. The summed E-state index contributed by atoms with van der Waals surface area (Å²) in [6.45, 7) is 0. The molecule has 0 saturated heterocycles. The van der Waals surface area contributed by atoms with Crippen molar-refractivity contribution in [1.29, 1.82) is 0 Å². The lowest BCUT2D eigenvalue weighted by atomic mass is 9.98. The average Bonchev–Trinajstić information content (AvgIpc) is 3.10. The highest BCUT2D eigenvalue weighted by Gasteiger charge is 2.32. The minimum atomic E-state index is -0.837. The summed E-state index contributed by atoms with van der Waals surface area (Å²) in [5, 5.41) is 13.6. The van der Waals surface area contributed by atoms with E-state index in [-0.39, 0.29) is 12.1 Å². The van der Waals surface area contributed by atoms with Gasteiger partial charge in [-0.25, -0.2) is 4.79 Å². The van der Waals surface area contributed by atoms with Crippen molar-refractivity contribution in [2.75, 3.05) is 0 Å². The first-order valence-corrected chi connectivity index (χ1v) is 7.98. The SMILES string of the molecule is O=C(O)C1=CC(CC2CCCC2)NC1c1ccc(Cl)cc1. The van der Waals surface area contributed by atoms with Crippen LogP contribution >= 0.6 is 11.6 Å². The van der Waals surface area contributed by atoms with E-state index in [1.54, 1.807) is 0 Å². The van der Waals surface area contributed by atoms with E-state index in [0.717, 1.165) is 17.9 Å². The van der Waals surface area contributed by atoms with Crippen LogP contribution in [-0.2, 0) is 4.79 Å². The highest BCUT2D eigenvalue weighted by Crippen LogP contribution is 2.34. The fraction of sp³-hybridized carbons (Fsp3) is 0.471. The molecular weight excluding hydrogens is 286 g/mol. The Hall–Kier alpha value is -1.32. The van der Waals surface area contributed by atoms with Gasteiger partial charge in [0.25, 0.3) is 0 Å². The molecule has 2 unspecified atom stereocenters. The molecule has 2 aliphatic rings. The highest BCUT2D eigenvalue weighted by atomic mass is 35.5. The molecule has 1 aromatic rings. The number of hydrogen-bond donors (Lipinski definition) is 2. The van der Waals surface area contributed by atoms with E-state index in [1.165, 1.54) is 25.7 Å². The van der Waals surface area contributed by atoms with E-state index in [9.17, 15) is 9.90 Å². The van der Waals surface area contributed by atoms with Crippen LogP contribution in [-0.4, -0.2) is 17.1 Å². The number of hydrogen-bond acceptors (Lipinski definition) is 2. The Kier molecular flexibility index (Phi) is 4.32. The van der Waals surface area contributed by atoms with Crippen LogP contribution in [0.5, 0.6) is 0 Å². The van der Waals surface area contributed by atoms with Crippen molar-refractivity contribution in [3.63, 3.8) is 0 Å². The number of carboxylic acids is 1. The molecule has 0 amide bonds. The van der Waals surface area contributed by atoms with E-state index in [4.69, 9.17) is 11.6 Å². The largest absolute Gasteiger partial charge is 0.478 e. The van der Waals surface area contributed by atoms with Crippen LogP contribution in [0.15, 0.2) is 35.9 Å². The van der Waals surface area contributed by atoms with Gasteiger partial charge in [0.2, 0.25) is 0 Å². The molecule has 1 aliphatic heterocycles. The van der Waals surface area contributed by atoms with E-state index >= 15 is 0 Å². The lowest BCUT2D eigenvalue weighted by molar-refractivity contribution is -0.132. The maximum atomic E-state index is 11.5. The van der Waals surface area contributed by atoms with Crippen molar-refractivity contribution in [3.8, 4) is 0 Å². The smallest absolute Gasteiger partial charge is 0.333 e. The maximum Gasteiger partial charge on any atom is 0.333 e. The minimum Gasteiger partial charge on any atom is -0.478 e. The van der Waals surface area contributed by atoms with Crippen molar-refractivity contribution < 1.29 is 9.90 Å². The van der Waals surface area contributed by atoms with E-state index in [2.05, 4.69) is 5.32 Å². The fourth-order valence-electron chi connectivity index (χ4n) is 3.53. The number of nitrogens with one attached hydrogen (secondary N) is 1. The first-order valence-electron chi connectivity index (χ1n) is 7.60. The van der Waals surface area contributed by atoms with Gasteiger partial charge in [0.05, 0.1) is 11.6 Å². The number of benzene rings is 1. The zero-order chi connectivity index (χ0) is 14.8. The molecule has 1 aliphatic carbocycles. The second-order valence-electron chi connectivity index (χ2n) is 6.07. The summed E-state index contributed by atoms with van der Waals surface area (Å²) in [6.07, 6.45) is 8.13. The molecule has 0 aromatic heterocycles. The van der Waals surface area contributed by atoms with E-state index in [0.29, 0.717) is 10.6 Å². The van der Waals surface area contributed by atoms with Gasteiger partial charge < -0.3 is 5.11 Å². The second kappa shape index (κ2) is 6.20. The molecule has 3 rings (SSSR count). The molecule has 112 valence electrons. The van der Waals surface area contributed by atoms with Crippen LogP contribution in [0, 0.1) is 5.92 Å². The van der Waals surface area contributed by atoms with E-state index < -0.39 is 5.97 Å². The Morgan fingerprint density at radius 2 is 1.90 bits per heavy atom. The van der Waals surface area contributed by atoms with Gasteiger partial charge in [-0.2, -0.15) is 0 Å². The summed E-state index contributed by atoms with van der Waals surface area (Å²) in [7, 11) is 0. The number of halogens is 1. The molecule has 2 N–H and O–H groups in total. The molecule has 0 spiro atoms. The normalized spacial score (nSPS) is 26.0. The van der Waals surface area contributed by atoms with Crippen molar-refractivity contribution in [1.82, 2.24) is 5.32 Å².